The largest absolute Gasteiger partial charge is 0.322 e. The maximum atomic E-state index is 13.6. The minimum absolute atomic E-state index is 0.0149. The Labute approximate surface area is 146 Å². The number of carbonyl (C=O) groups is 1. The zero-order valence-electron chi connectivity index (χ0n) is 12.1. The summed E-state index contributed by atoms with van der Waals surface area (Å²) in [5, 5.41) is 14.9. The van der Waals surface area contributed by atoms with Gasteiger partial charge in [0.15, 0.2) is 0 Å². The van der Waals surface area contributed by atoms with E-state index in [1.165, 1.54) is 18.2 Å². The van der Waals surface area contributed by atoms with Crippen molar-refractivity contribution in [3.05, 3.63) is 58.3 Å². The molecule has 0 atom stereocenters. The summed E-state index contributed by atoms with van der Waals surface area (Å²) in [6, 6.07) is 10.9. The van der Waals surface area contributed by atoms with E-state index in [1.807, 2.05) is 0 Å². The molecular formula is C15H10Cl2FN5O. The zero-order valence-corrected chi connectivity index (χ0v) is 13.6. The molecular weight excluding hydrogens is 356 g/mol. The summed E-state index contributed by atoms with van der Waals surface area (Å²) < 4.78 is 13.6. The lowest BCUT2D eigenvalue weighted by molar-refractivity contribution is -0.117. The molecule has 0 aliphatic rings. The van der Waals surface area contributed by atoms with Crippen LogP contribution in [0.1, 0.15) is 0 Å². The van der Waals surface area contributed by atoms with Crippen molar-refractivity contribution >= 4 is 34.8 Å². The number of hydrogen-bond acceptors (Lipinski definition) is 4. The minimum atomic E-state index is -0.587. The lowest BCUT2D eigenvalue weighted by Gasteiger charge is -2.06. The first kappa shape index (κ1) is 16.4. The molecule has 2 aromatic carbocycles. The highest BCUT2D eigenvalue weighted by Crippen LogP contribution is 2.23. The second-order valence-electron chi connectivity index (χ2n) is 4.80. The standard InChI is InChI=1S/C15H10Cl2FN5O/c16-9-5-6-12(18)13(7-9)19-14(24)8-23-21-15(20-22-23)10-3-1-2-4-11(10)17/h1-7H,8H2,(H,19,24). The van der Waals surface area contributed by atoms with Gasteiger partial charge in [-0.2, -0.15) is 4.80 Å². The Hall–Kier alpha value is -2.51. The average molecular weight is 366 g/mol. The van der Waals surface area contributed by atoms with Crippen molar-refractivity contribution in [3.63, 3.8) is 0 Å². The molecule has 0 saturated carbocycles. The van der Waals surface area contributed by atoms with Crippen molar-refractivity contribution in [2.24, 2.45) is 0 Å². The molecule has 3 rings (SSSR count). The number of halogens is 3. The second-order valence-corrected chi connectivity index (χ2v) is 5.64. The molecule has 0 spiro atoms. The molecule has 1 amide bonds. The summed E-state index contributed by atoms with van der Waals surface area (Å²) in [7, 11) is 0. The van der Waals surface area contributed by atoms with Gasteiger partial charge < -0.3 is 5.32 Å². The van der Waals surface area contributed by atoms with Gasteiger partial charge in [0.2, 0.25) is 11.7 Å². The number of anilines is 1. The van der Waals surface area contributed by atoms with Gasteiger partial charge >= 0.3 is 0 Å². The van der Waals surface area contributed by atoms with Crippen LogP contribution in [0.15, 0.2) is 42.5 Å². The summed E-state index contributed by atoms with van der Waals surface area (Å²) in [4.78, 5) is 13.1. The van der Waals surface area contributed by atoms with E-state index in [4.69, 9.17) is 23.2 Å². The van der Waals surface area contributed by atoms with Crippen LogP contribution in [0.4, 0.5) is 10.1 Å². The number of aromatic nitrogens is 4. The fraction of sp³-hybridized carbons (Fsp3) is 0.0667. The summed E-state index contributed by atoms with van der Waals surface area (Å²) in [5.41, 5.74) is 0.589. The molecule has 122 valence electrons. The molecule has 0 radical (unpaired) electrons. The Morgan fingerprint density at radius 2 is 2.00 bits per heavy atom. The van der Waals surface area contributed by atoms with E-state index in [0.717, 1.165) is 4.80 Å². The van der Waals surface area contributed by atoms with Crippen LogP contribution in [0.25, 0.3) is 11.4 Å². The summed E-state index contributed by atoms with van der Waals surface area (Å²) in [6.07, 6.45) is 0. The molecule has 0 aliphatic heterocycles. The fourth-order valence-corrected chi connectivity index (χ4v) is 2.36. The van der Waals surface area contributed by atoms with Gasteiger partial charge in [0, 0.05) is 10.6 Å². The molecule has 0 bridgehead atoms. The van der Waals surface area contributed by atoms with Gasteiger partial charge in [-0.1, -0.05) is 35.3 Å². The number of carbonyl (C=O) groups excluding carboxylic acids is 1. The van der Waals surface area contributed by atoms with Gasteiger partial charge in [0.25, 0.3) is 0 Å². The number of hydrogen-bond donors (Lipinski definition) is 1. The lowest BCUT2D eigenvalue weighted by Crippen LogP contribution is -2.21. The summed E-state index contributed by atoms with van der Waals surface area (Å²) in [5.74, 6) is -0.808. The normalized spacial score (nSPS) is 10.6. The predicted molar refractivity (Wildman–Crippen MR) is 88.3 cm³/mol. The van der Waals surface area contributed by atoms with E-state index in [1.54, 1.807) is 24.3 Å². The first-order valence-electron chi connectivity index (χ1n) is 6.80. The van der Waals surface area contributed by atoms with Crippen LogP contribution >= 0.6 is 23.2 Å². The van der Waals surface area contributed by atoms with Crippen molar-refractivity contribution in [2.45, 2.75) is 6.54 Å². The van der Waals surface area contributed by atoms with Crippen molar-refractivity contribution in [1.82, 2.24) is 20.2 Å². The average Bonchev–Trinajstić information content (AvgIpc) is 2.99. The molecule has 3 aromatic rings. The maximum absolute atomic E-state index is 13.6. The fourth-order valence-electron chi connectivity index (χ4n) is 1.97. The Morgan fingerprint density at radius 3 is 2.79 bits per heavy atom. The van der Waals surface area contributed by atoms with Gasteiger partial charge in [0.1, 0.15) is 12.4 Å². The Kier molecular flexibility index (Phi) is 4.73. The first-order valence-corrected chi connectivity index (χ1v) is 7.56. The maximum Gasteiger partial charge on any atom is 0.248 e. The number of amides is 1. The molecule has 1 aromatic heterocycles. The Balaban J connectivity index is 1.72. The molecule has 0 unspecified atom stereocenters. The number of tetrazole rings is 1. The monoisotopic (exact) mass is 365 g/mol. The van der Waals surface area contributed by atoms with Crippen molar-refractivity contribution in [1.29, 1.82) is 0 Å². The third-order valence-corrected chi connectivity index (χ3v) is 3.62. The topological polar surface area (TPSA) is 72.7 Å². The zero-order chi connectivity index (χ0) is 17.1. The number of rotatable bonds is 4. The van der Waals surface area contributed by atoms with Crippen molar-refractivity contribution < 1.29 is 9.18 Å². The van der Waals surface area contributed by atoms with E-state index in [9.17, 15) is 9.18 Å². The molecule has 24 heavy (non-hydrogen) atoms. The van der Waals surface area contributed by atoms with Crippen LogP contribution in [-0.2, 0) is 11.3 Å². The first-order chi connectivity index (χ1) is 11.5. The van der Waals surface area contributed by atoms with Gasteiger partial charge in [-0.05, 0) is 35.5 Å². The van der Waals surface area contributed by atoms with Crippen molar-refractivity contribution in [3.8, 4) is 11.4 Å². The summed E-state index contributed by atoms with van der Waals surface area (Å²) in [6.45, 7) is -0.233. The Bertz CT molecular complexity index is 899. The smallest absolute Gasteiger partial charge is 0.248 e. The Morgan fingerprint density at radius 1 is 1.21 bits per heavy atom. The lowest BCUT2D eigenvalue weighted by atomic mass is 10.2. The van der Waals surface area contributed by atoms with Crippen LogP contribution in [0.2, 0.25) is 10.0 Å². The van der Waals surface area contributed by atoms with Crippen molar-refractivity contribution in [2.75, 3.05) is 5.32 Å². The molecule has 1 heterocycles. The quantitative estimate of drug-likeness (QED) is 0.768. The number of nitrogens with one attached hydrogen (secondary N) is 1. The van der Waals surface area contributed by atoms with Gasteiger partial charge in [0.05, 0.1) is 10.7 Å². The molecule has 1 N–H and O–H groups in total. The summed E-state index contributed by atoms with van der Waals surface area (Å²) >= 11 is 11.8. The van der Waals surface area contributed by atoms with E-state index in [-0.39, 0.29) is 12.2 Å². The second kappa shape index (κ2) is 6.94. The van der Waals surface area contributed by atoms with Crippen LogP contribution in [0, 0.1) is 5.82 Å². The minimum Gasteiger partial charge on any atom is -0.322 e. The number of nitrogens with zero attached hydrogens (tertiary/aromatic N) is 4. The molecule has 6 nitrogen and oxygen atoms in total. The molecule has 9 heteroatoms. The van der Waals surface area contributed by atoms with E-state index < -0.39 is 11.7 Å². The number of benzene rings is 2. The molecule has 0 aliphatic carbocycles. The van der Waals surface area contributed by atoms with Crippen LogP contribution < -0.4 is 5.32 Å². The third kappa shape index (κ3) is 3.69. The third-order valence-electron chi connectivity index (χ3n) is 3.06. The van der Waals surface area contributed by atoms with E-state index in [0.29, 0.717) is 21.4 Å². The van der Waals surface area contributed by atoms with Crippen LogP contribution in [0.3, 0.4) is 0 Å². The van der Waals surface area contributed by atoms with Crippen LogP contribution in [-0.4, -0.2) is 26.1 Å². The van der Waals surface area contributed by atoms with Crippen LogP contribution in [0.5, 0.6) is 0 Å². The SMILES string of the molecule is O=C(Cn1nnc(-c2ccccc2Cl)n1)Nc1cc(Cl)ccc1F. The highest BCUT2D eigenvalue weighted by atomic mass is 35.5. The highest BCUT2D eigenvalue weighted by Gasteiger charge is 2.13. The van der Waals surface area contributed by atoms with E-state index in [2.05, 4.69) is 20.7 Å². The van der Waals surface area contributed by atoms with Gasteiger partial charge in [-0.15, -0.1) is 10.2 Å². The molecule has 0 saturated heterocycles. The molecule has 0 fully saturated rings. The highest BCUT2D eigenvalue weighted by molar-refractivity contribution is 6.33. The van der Waals surface area contributed by atoms with E-state index >= 15 is 0 Å². The van der Waals surface area contributed by atoms with Gasteiger partial charge in [-0.25, -0.2) is 4.39 Å². The predicted octanol–water partition coefficient (Wildman–Crippen LogP) is 3.42. The van der Waals surface area contributed by atoms with Gasteiger partial charge in [-0.3, -0.25) is 4.79 Å².